The van der Waals surface area contributed by atoms with Crippen molar-refractivity contribution in [3.8, 4) is 5.75 Å². The lowest BCUT2D eigenvalue weighted by molar-refractivity contribution is 0.102. The number of para-hydroxylation sites is 2. The van der Waals surface area contributed by atoms with E-state index >= 15 is 0 Å². The molecule has 1 aliphatic rings. The Bertz CT molecular complexity index is 740. The zero-order valence-corrected chi connectivity index (χ0v) is 15.5. The minimum absolute atomic E-state index is 0.0419. The summed E-state index contributed by atoms with van der Waals surface area (Å²) in [6.07, 6.45) is 7.87. The lowest BCUT2D eigenvalue weighted by Gasteiger charge is -2.23. The molecule has 2 N–H and O–H groups in total. The molecule has 1 heterocycles. The summed E-state index contributed by atoms with van der Waals surface area (Å²) in [6, 6.07) is 11.5. The first-order chi connectivity index (χ1) is 12.6. The summed E-state index contributed by atoms with van der Waals surface area (Å²) in [5.74, 6) is 1.26. The molecular weight excluding hydrogens is 326 g/mol. The number of nitrogens with zero attached hydrogens (tertiary/aromatic N) is 1. The number of hydrogen-bond acceptors (Lipinski definition) is 4. The molecule has 5 nitrogen and oxygen atoms in total. The molecule has 0 saturated heterocycles. The number of aromatic nitrogens is 1. The lowest BCUT2D eigenvalue weighted by Crippen LogP contribution is -2.23. The molecule has 5 heteroatoms. The van der Waals surface area contributed by atoms with Gasteiger partial charge in [-0.1, -0.05) is 31.4 Å². The summed E-state index contributed by atoms with van der Waals surface area (Å²) in [4.78, 5) is 17.0. The Morgan fingerprint density at radius 1 is 1.15 bits per heavy atom. The number of amides is 1. The number of ether oxygens (including phenoxy) is 1. The van der Waals surface area contributed by atoms with E-state index in [9.17, 15) is 4.79 Å². The molecule has 0 aliphatic heterocycles. The van der Waals surface area contributed by atoms with Crippen molar-refractivity contribution >= 4 is 17.4 Å². The van der Waals surface area contributed by atoms with Gasteiger partial charge in [0, 0.05) is 17.8 Å². The van der Waals surface area contributed by atoms with Crippen LogP contribution in [0.15, 0.2) is 42.6 Å². The summed E-state index contributed by atoms with van der Waals surface area (Å²) < 4.78 is 5.77. The van der Waals surface area contributed by atoms with E-state index in [1.54, 1.807) is 12.3 Å². The number of carbonyl (C=O) groups excluding carboxylic acids is 1. The van der Waals surface area contributed by atoms with E-state index in [1.807, 2.05) is 44.2 Å². The van der Waals surface area contributed by atoms with Gasteiger partial charge in [0.05, 0.1) is 11.8 Å². The van der Waals surface area contributed by atoms with Crippen molar-refractivity contribution in [3.63, 3.8) is 0 Å². The van der Waals surface area contributed by atoms with Crippen molar-refractivity contribution < 1.29 is 9.53 Å². The predicted molar refractivity (Wildman–Crippen MR) is 105 cm³/mol. The first-order valence-electron chi connectivity index (χ1n) is 9.41. The molecule has 138 valence electrons. The van der Waals surface area contributed by atoms with Crippen molar-refractivity contribution in [2.75, 3.05) is 10.6 Å². The third-order valence-corrected chi connectivity index (χ3v) is 4.48. The Kier molecular flexibility index (Phi) is 6.10. The minimum Gasteiger partial charge on any atom is -0.489 e. The van der Waals surface area contributed by atoms with Crippen molar-refractivity contribution in [2.24, 2.45) is 0 Å². The van der Waals surface area contributed by atoms with Crippen molar-refractivity contribution in [1.29, 1.82) is 0 Å². The molecule has 0 atom stereocenters. The molecule has 1 fully saturated rings. The molecule has 26 heavy (non-hydrogen) atoms. The molecule has 2 aromatic rings. The van der Waals surface area contributed by atoms with Gasteiger partial charge < -0.3 is 15.4 Å². The maximum absolute atomic E-state index is 12.7. The Hall–Kier alpha value is -2.56. The highest BCUT2D eigenvalue weighted by atomic mass is 16.5. The van der Waals surface area contributed by atoms with Gasteiger partial charge in [0.25, 0.3) is 5.91 Å². The standard InChI is InChI=1S/C21H27N3O2/c1-15(2)26-19-11-7-6-10-18(19)24-21(25)16-12-13-22-20(14-16)23-17-8-4-3-5-9-17/h6-7,10-15,17H,3-5,8-9H2,1-2H3,(H,22,23)(H,24,25). The summed E-state index contributed by atoms with van der Waals surface area (Å²) >= 11 is 0. The van der Waals surface area contributed by atoms with Crippen LogP contribution in [-0.4, -0.2) is 23.0 Å². The number of rotatable bonds is 6. The van der Waals surface area contributed by atoms with Crippen LogP contribution in [0.5, 0.6) is 5.75 Å². The zero-order chi connectivity index (χ0) is 18.4. The number of benzene rings is 1. The number of carbonyl (C=O) groups is 1. The van der Waals surface area contributed by atoms with Crippen LogP contribution in [0.4, 0.5) is 11.5 Å². The minimum atomic E-state index is -0.168. The number of anilines is 2. The first-order valence-corrected chi connectivity index (χ1v) is 9.41. The van der Waals surface area contributed by atoms with Gasteiger partial charge in [0.2, 0.25) is 0 Å². The lowest BCUT2D eigenvalue weighted by atomic mass is 9.95. The largest absolute Gasteiger partial charge is 0.489 e. The molecule has 1 aromatic carbocycles. The SMILES string of the molecule is CC(C)Oc1ccccc1NC(=O)c1ccnc(NC2CCCCC2)c1. The fourth-order valence-corrected chi connectivity index (χ4v) is 3.23. The van der Waals surface area contributed by atoms with E-state index in [0.717, 1.165) is 18.7 Å². The molecule has 1 aromatic heterocycles. The van der Waals surface area contributed by atoms with Crippen LogP contribution in [0, 0.1) is 0 Å². The molecule has 1 amide bonds. The highest BCUT2D eigenvalue weighted by molar-refractivity contribution is 6.05. The van der Waals surface area contributed by atoms with Crippen LogP contribution < -0.4 is 15.4 Å². The normalized spacial score (nSPS) is 14.9. The fourth-order valence-electron chi connectivity index (χ4n) is 3.23. The highest BCUT2D eigenvalue weighted by Gasteiger charge is 2.15. The second-order valence-corrected chi connectivity index (χ2v) is 7.03. The predicted octanol–water partition coefficient (Wildman–Crippen LogP) is 4.87. The summed E-state index contributed by atoms with van der Waals surface area (Å²) in [5, 5.41) is 6.41. The van der Waals surface area contributed by atoms with Crippen LogP contribution in [0.1, 0.15) is 56.3 Å². The highest BCUT2D eigenvalue weighted by Crippen LogP contribution is 2.26. The van der Waals surface area contributed by atoms with Gasteiger partial charge in [-0.05, 0) is 51.0 Å². The Morgan fingerprint density at radius 2 is 1.92 bits per heavy atom. The zero-order valence-electron chi connectivity index (χ0n) is 15.5. The van der Waals surface area contributed by atoms with Crippen LogP contribution >= 0.6 is 0 Å². The smallest absolute Gasteiger partial charge is 0.255 e. The fraction of sp³-hybridized carbons (Fsp3) is 0.429. The van der Waals surface area contributed by atoms with E-state index in [-0.39, 0.29) is 12.0 Å². The molecule has 3 rings (SSSR count). The topological polar surface area (TPSA) is 63.2 Å². The monoisotopic (exact) mass is 353 g/mol. The van der Waals surface area contributed by atoms with Crippen molar-refractivity contribution in [2.45, 2.75) is 58.1 Å². The first kappa shape index (κ1) is 18.2. The van der Waals surface area contributed by atoms with E-state index in [1.165, 1.54) is 19.3 Å². The average molecular weight is 353 g/mol. The number of nitrogens with one attached hydrogen (secondary N) is 2. The Labute approximate surface area is 155 Å². The van der Waals surface area contributed by atoms with E-state index in [0.29, 0.717) is 23.0 Å². The third kappa shape index (κ3) is 4.97. The van der Waals surface area contributed by atoms with Gasteiger partial charge in [-0.25, -0.2) is 4.98 Å². The molecule has 1 aliphatic carbocycles. The maximum Gasteiger partial charge on any atom is 0.255 e. The van der Waals surface area contributed by atoms with Crippen molar-refractivity contribution in [1.82, 2.24) is 4.98 Å². The number of pyridine rings is 1. The van der Waals surface area contributed by atoms with Crippen LogP contribution in [-0.2, 0) is 0 Å². The number of hydrogen-bond donors (Lipinski definition) is 2. The molecule has 1 saturated carbocycles. The summed E-state index contributed by atoms with van der Waals surface area (Å²) in [5.41, 5.74) is 1.25. The van der Waals surface area contributed by atoms with Crippen LogP contribution in [0.3, 0.4) is 0 Å². The van der Waals surface area contributed by atoms with Crippen LogP contribution in [0.25, 0.3) is 0 Å². The van der Waals surface area contributed by atoms with Gasteiger partial charge in [-0.2, -0.15) is 0 Å². The third-order valence-electron chi connectivity index (χ3n) is 4.48. The van der Waals surface area contributed by atoms with Gasteiger partial charge in [-0.15, -0.1) is 0 Å². The molecule has 0 bridgehead atoms. The second kappa shape index (κ2) is 8.70. The van der Waals surface area contributed by atoms with Gasteiger partial charge in [0.15, 0.2) is 0 Å². The Morgan fingerprint density at radius 3 is 2.69 bits per heavy atom. The van der Waals surface area contributed by atoms with Gasteiger partial charge >= 0.3 is 0 Å². The molecule has 0 spiro atoms. The van der Waals surface area contributed by atoms with Crippen molar-refractivity contribution in [3.05, 3.63) is 48.2 Å². The van der Waals surface area contributed by atoms with Gasteiger partial charge in [0.1, 0.15) is 11.6 Å². The molecular formula is C21H27N3O2. The quantitative estimate of drug-likeness (QED) is 0.778. The molecule has 0 unspecified atom stereocenters. The van der Waals surface area contributed by atoms with E-state index in [4.69, 9.17) is 4.74 Å². The Balaban J connectivity index is 1.69. The maximum atomic E-state index is 12.7. The second-order valence-electron chi connectivity index (χ2n) is 7.03. The summed E-state index contributed by atoms with van der Waals surface area (Å²) in [7, 11) is 0. The van der Waals surface area contributed by atoms with E-state index in [2.05, 4.69) is 15.6 Å². The van der Waals surface area contributed by atoms with E-state index < -0.39 is 0 Å². The van der Waals surface area contributed by atoms with Crippen LogP contribution in [0.2, 0.25) is 0 Å². The summed E-state index contributed by atoms with van der Waals surface area (Å²) in [6.45, 7) is 3.93. The average Bonchev–Trinajstić information content (AvgIpc) is 2.64. The molecule has 0 radical (unpaired) electrons. The van der Waals surface area contributed by atoms with Gasteiger partial charge in [-0.3, -0.25) is 4.79 Å².